The van der Waals surface area contributed by atoms with Crippen LogP contribution in [0.25, 0.3) is 0 Å². The summed E-state index contributed by atoms with van der Waals surface area (Å²) in [5.74, 6) is 0. The molecule has 2 aromatic carbocycles. The Kier molecular flexibility index (Phi) is 3.72. The summed E-state index contributed by atoms with van der Waals surface area (Å²) >= 11 is 1.74. The van der Waals surface area contributed by atoms with Crippen molar-refractivity contribution in [3.05, 3.63) is 90.0 Å². The van der Waals surface area contributed by atoms with E-state index in [2.05, 4.69) is 73.5 Å². The van der Waals surface area contributed by atoms with Crippen molar-refractivity contribution >= 4 is 23.1 Å². The van der Waals surface area contributed by atoms with E-state index in [-0.39, 0.29) is 0 Å². The molecule has 1 heterocycles. The molecular formula is C19H17NS. The van der Waals surface area contributed by atoms with Gasteiger partial charge in [-0.25, -0.2) is 0 Å². The molecule has 2 heteroatoms. The summed E-state index contributed by atoms with van der Waals surface area (Å²) in [5.41, 5.74) is 4.67. The van der Waals surface area contributed by atoms with Gasteiger partial charge in [-0.1, -0.05) is 60.8 Å². The number of hydrogen-bond acceptors (Lipinski definition) is 2. The van der Waals surface area contributed by atoms with Crippen LogP contribution in [0.5, 0.6) is 0 Å². The Hall–Kier alpha value is -2.19. The van der Waals surface area contributed by atoms with Crippen molar-refractivity contribution in [2.75, 3.05) is 4.90 Å². The van der Waals surface area contributed by atoms with Gasteiger partial charge in [0, 0.05) is 15.5 Å². The topological polar surface area (TPSA) is 3.24 Å². The van der Waals surface area contributed by atoms with Gasteiger partial charge in [0.15, 0.2) is 0 Å². The SMILES string of the molecule is C=CC1=C(C=C)N(c2ccc(C)cc2)c2ccccc2S1. The van der Waals surface area contributed by atoms with E-state index in [1.807, 2.05) is 12.2 Å². The van der Waals surface area contributed by atoms with Gasteiger partial charge in [-0.3, -0.25) is 0 Å². The highest BCUT2D eigenvalue weighted by molar-refractivity contribution is 8.03. The zero-order valence-electron chi connectivity index (χ0n) is 12.0. The lowest BCUT2D eigenvalue weighted by Gasteiger charge is -2.33. The summed E-state index contributed by atoms with van der Waals surface area (Å²) in [4.78, 5) is 4.61. The molecule has 0 saturated heterocycles. The van der Waals surface area contributed by atoms with Gasteiger partial charge in [-0.05, 0) is 37.3 Å². The molecule has 104 valence electrons. The number of nitrogens with zero attached hydrogens (tertiary/aromatic N) is 1. The van der Waals surface area contributed by atoms with Gasteiger partial charge in [0.2, 0.25) is 0 Å². The van der Waals surface area contributed by atoms with Crippen LogP contribution in [0.4, 0.5) is 11.4 Å². The second-order valence-corrected chi connectivity index (χ2v) is 5.98. The molecule has 0 radical (unpaired) electrons. The van der Waals surface area contributed by atoms with Crippen LogP contribution in [0.3, 0.4) is 0 Å². The first-order valence-corrected chi connectivity index (χ1v) is 7.69. The maximum Gasteiger partial charge on any atom is 0.0601 e. The molecule has 1 aliphatic rings. The maximum atomic E-state index is 3.99. The molecule has 3 rings (SSSR count). The van der Waals surface area contributed by atoms with Gasteiger partial charge in [-0.2, -0.15) is 0 Å². The molecule has 1 aliphatic heterocycles. The van der Waals surface area contributed by atoms with Crippen LogP contribution in [0, 0.1) is 6.92 Å². The Balaban J connectivity index is 2.22. The highest BCUT2D eigenvalue weighted by atomic mass is 32.2. The van der Waals surface area contributed by atoms with Gasteiger partial charge in [-0.15, -0.1) is 0 Å². The average molecular weight is 291 g/mol. The molecule has 0 atom stereocenters. The third-order valence-electron chi connectivity index (χ3n) is 3.49. The van der Waals surface area contributed by atoms with Gasteiger partial charge in [0.25, 0.3) is 0 Å². The van der Waals surface area contributed by atoms with Crippen molar-refractivity contribution in [1.82, 2.24) is 0 Å². The lowest BCUT2D eigenvalue weighted by molar-refractivity contribution is 1.15. The van der Waals surface area contributed by atoms with E-state index in [4.69, 9.17) is 0 Å². The molecule has 0 aliphatic carbocycles. The number of para-hydroxylation sites is 1. The van der Waals surface area contributed by atoms with E-state index in [0.29, 0.717) is 0 Å². The standard InChI is InChI=1S/C19H17NS/c1-4-16-18(5-2)21-19-9-7-6-8-17(19)20(16)15-12-10-14(3)11-13-15/h4-13H,1-2H2,3H3. The number of hydrogen-bond donors (Lipinski definition) is 0. The predicted molar refractivity (Wildman–Crippen MR) is 93.0 cm³/mol. The molecule has 0 bridgehead atoms. The molecule has 0 N–H and O–H groups in total. The Labute approximate surface area is 130 Å². The minimum Gasteiger partial charge on any atom is -0.308 e. The van der Waals surface area contributed by atoms with Crippen molar-refractivity contribution in [3.63, 3.8) is 0 Å². The van der Waals surface area contributed by atoms with E-state index >= 15 is 0 Å². The lowest BCUT2D eigenvalue weighted by Crippen LogP contribution is -2.19. The van der Waals surface area contributed by atoms with Gasteiger partial charge < -0.3 is 4.90 Å². The number of benzene rings is 2. The van der Waals surface area contributed by atoms with Crippen molar-refractivity contribution < 1.29 is 0 Å². The van der Waals surface area contributed by atoms with E-state index in [0.717, 1.165) is 16.3 Å². The molecule has 1 nitrogen and oxygen atoms in total. The highest BCUT2D eigenvalue weighted by Gasteiger charge is 2.23. The zero-order valence-corrected chi connectivity index (χ0v) is 12.9. The van der Waals surface area contributed by atoms with E-state index in [1.54, 1.807) is 11.8 Å². The monoisotopic (exact) mass is 291 g/mol. The van der Waals surface area contributed by atoms with Crippen LogP contribution in [-0.2, 0) is 0 Å². The molecule has 0 fully saturated rings. The predicted octanol–water partition coefficient (Wildman–Crippen LogP) is 5.82. The summed E-state index contributed by atoms with van der Waals surface area (Å²) in [6.45, 7) is 10.0. The Morgan fingerprint density at radius 1 is 0.952 bits per heavy atom. The number of anilines is 2. The van der Waals surface area contributed by atoms with E-state index < -0.39 is 0 Å². The first kappa shape index (κ1) is 13.8. The number of rotatable bonds is 3. The minimum absolute atomic E-state index is 1.08. The molecule has 2 aromatic rings. The van der Waals surface area contributed by atoms with E-state index in [9.17, 15) is 0 Å². The third-order valence-corrected chi connectivity index (χ3v) is 4.65. The Bertz CT molecular complexity index is 725. The maximum absolute atomic E-state index is 3.99. The number of thioether (sulfide) groups is 1. The number of allylic oxidation sites excluding steroid dienone is 2. The third kappa shape index (κ3) is 2.43. The van der Waals surface area contributed by atoms with Crippen LogP contribution >= 0.6 is 11.8 Å². The second kappa shape index (κ2) is 5.66. The quantitative estimate of drug-likeness (QED) is 0.700. The number of aryl methyl sites for hydroxylation is 1. The van der Waals surface area contributed by atoms with Crippen molar-refractivity contribution in [2.45, 2.75) is 11.8 Å². The first-order chi connectivity index (χ1) is 10.2. The van der Waals surface area contributed by atoms with Crippen LogP contribution in [0.1, 0.15) is 5.56 Å². The van der Waals surface area contributed by atoms with Crippen molar-refractivity contribution in [2.24, 2.45) is 0 Å². The molecule has 0 unspecified atom stereocenters. The van der Waals surface area contributed by atoms with Crippen LogP contribution in [0.15, 0.2) is 89.3 Å². The van der Waals surface area contributed by atoms with Crippen LogP contribution < -0.4 is 4.90 Å². The van der Waals surface area contributed by atoms with E-state index in [1.165, 1.54) is 16.1 Å². The first-order valence-electron chi connectivity index (χ1n) is 6.87. The van der Waals surface area contributed by atoms with Gasteiger partial charge in [0.05, 0.1) is 11.4 Å². The fourth-order valence-electron chi connectivity index (χ4n) is 2.45. The second-order valence-electron chi connectivity index (χ2n) is 4.90. The van der Waals surface area contributed by atoms with Crippen molar-refractivity contribution in [3.8, 4) is 0 Å². The molecule has 0 saturated carbocycles. The zero-order chi connectivity index (χ0) is 14.8. The molecule has 21 heavy (non-hydrogen) atoms. The summed E-state index contributed by atoms with van der Waals surface area (Å²) in [7, 11) is 0. The number of fused-ring (bicyclic) bond motifs is 1. The van der Waals surface area contributed by atoms with Crippen LogP contribution in [-0.4, -0.2) is 0 Å². The Morgan fingerprint density at radius 3 is 2.33 bits per heavy atom. The van der Waals surface area contributed by atoms with Gasteiger partial charge >= 0.3 is 0 Å². The molecule has 0 aromatic heterocycles. The van der Waals surface area contributed by atoms with Crippen molar-refractivity contribution in [1.29, 1.82) is 0 Å². The summed E-state index contributed by atoms with van der Waals surface area (Å²) < 4.78 is 0. The summed E-state index contributed by atoms with van der Waals surface area (Å²) in [5, 5.41) is 0. The Morgan fingerprint density at radius 2 is 1.67 bits per heavy atom. The minimum atomic E-state index is 1.08. The average Bonchev–Trinajstić information content (AvgIpc) is 2.53. The fourth-order valence-corrected chi connectivity index (χ4v) is 3.46. The lowest BCUT2D eigenvalue weighted by atomic mass is 10.1. The van der Waals surface area contributed by atoms with Gasteiger partial charge in [0.1, 0.15) is 0 Å². The molecule has 0 amide bonds. The molecule has 0 spiro atoms. The van der Waals surface area contributed by atoms with Crippen LogP contribution in [0.2, 0.25) is 0 Å². The summed E-state index contributed by atoms with van der Waals surface area (Å²) in [6, 6.07) is 17.0. The molecular weight excluding hydrogens is 274 g/mol. The highest BCUT2D eigenvalue weighted by Crippen LogP contribution is 2.47. The normalized spacial score (nSPS) is 13.9. The summed E-state index contributed by atoms with van der Waals surface area (Å²) in [6.07, 6.45) is 3.80. The largest absolute Gasteiger partial charge is 0.308 e. The smallest absolute Gasteiger partial charge is 0.0601 e. The fraction of sp³-hybridized carbons (Fsp3) is 0.0526.